The molecule has 0 saturated carbocycles. The molecule has 6 heteroatoms. The van der Waals surface area contributed by atoms with Gasteiger partial charge in [0.05, 0.1) is 19.8 Å². The molecule has 7 N–H and O–H groups in total. The summed E-state index contributed by atoms with van der Waals surface area (Å²) in [5, 5.41) is 3.61. The zero-order valence-corrected chi connectivity index (χ0v) is 17.0. The predicted octanol–water partition coefficient (Wildman–Crippen LogP) is 0.963. The summed E-state index contributed by atoms with van der Waals surface area (Å²) < 4.78 is 1.02. The van der Waals surface area contributed by atoms with E-state index in [1.807, 2.05) is 0 Å². The molecule has 1 aliphatic rings. The number of rotatable bonds is 9. The second kappa shape index (κ2) is 7.98. The number of nitrogens with two attached hydrogens (primary N) is 3. The molecule has 0 atom stereocenters. The highest BCUT2D eigenvalue weighted by molar-refractivity contribution is 4.76. The molecule has 0 spiro atoms. The molecule has 1 fully saturated rings. The number of quaternary nitrogens is 1. The van der Waals surface area contributed by atoms with Crippen molar-refractivity contribution in [1.29, 1.82) is 0 Å². The number of nitrogens with zero attached hydrogens (tertiary/aromatic N) is 2. The van der Waals surface area contributed by atoms with Gasteiger partial charge < -0.3 is 17.2 Å². The SMILES string of the molecule is CC(C)(N)CCN1CNC[N+](CCC(C)(C)N)(CCC(C)(C)N)C1. The molecule has 1 aliphatic heterocycles. The van der Waals surface area contributed by atoms with Crippen LogP contribution in [0.4, 0.5) is 0 Å². The summed E-state index contributed by atoms with van der Waals surface area (Å²) in [6, 6.07) is 0. The lowest BCUT2D eigenvalue weighted by atomic mass is 9.98. The molecule has 1 heterocycles. The van der Waals surface area contributed by atoms with Crippen LogP contribution in [0.25, 0.3) is 0 Å². The van der Waals surface area contributed by atoms with Crippen molar-refractivity contribution in [2.24, 2.45) is 17.2 Å². The summed E-state index contributed by atoms with van der Waals surface area (Å²) in [5.41, 5.74) is 18.3. The van der Waals surface area contributed by atoms with Crippen LogP contribution in [-0.2, 0) is 0 Å². The van der Waals surface area contributed by atoms with Gasteiger partial charge >= 0.3 is 0 Å². The Hall–Kier alpha value is -0.240. The fourth-order valence-corrected chi connectivity index (χ4v) is 3.03. The average molecular weight is 344 g/mol. The Morgan fingerprint density at radius 3 is 1.71 bits per heavy atom. The fraction of sp³-hybridized carbons (Fsp3) is 1.00. The van der Waals surface area contributed by atoms with E-state index in [1.165, 1.54) is 0 Å². The summed E-state index contributed by atoms with van der Waals surface area (Å²) >= 11 is 0. The normalized spacial score (nSPS) is 20.4. The van der Waals surface area contributed by atoms with Crippen LogP contribution in [0.1, 0.15) is 60.8 Å². The first-order valence-electron chi connectivity index (χ1n) is 9.35. The lowest BCUT2D eigenvalue weighted by Gasteiger charge is -2.48. The smallest absolute Gasteiger partial charge is 0.137 e. The summed E-state index contributed by atoms with van der Waals surface area (Å²) in [4.78, 5) is 2.49. The first-order valence-corrected chi connectivity index (χ1v) is 9.35. The van der Waals surface area contributed by atoms with Gasteiger partial charge in [0.1, 0.15) is 13.3 Å². The third kappa shape index (κ3) is 9.30. The Balaban J connectivity index is 2.75. The Kier molecular flexibility index (Phi) is 7.24. The van der Waals surface area contributed by atoms with E-state index in [4.69, 9.17) is 17.2 Å². The van der Waals surface area contributed by atoms with Crippen molar-refractivity contribution in [3.05, 3.63) is 0 Å². The highest BCUT2D eigenvalue weighted by atomic mass is 15.5. The van der Waals surface area contributed by atoms with Crippen molar-refractivity contribution >= 4 is 0 Å². The Bertz CT molecular complexity index is 356. The number of hydrogen-bond acceptors (Lipinski definition) is 5. The van der Waals surface area contributed by atoms with Crippen LogP contribution in [0, 0.1) is 0 Å². The van der Waals surface area contributed by atoms with Crippen LogP contribution in [-0.4, -0.2) is 65.6 Å². The van der Waals surface area contributed by atoms with Gasteiger partial charge in [-0.05, 0) is 48.0 Å². The van der Waals surface area contributed by atoms with Gasteiger partial charge in [0, 0.05) is 36.0 Å². The molecular weight excluding hydrogens is 300 g/mol. The molecule has 0 aromatic rings. The van der Waals surface area contributed by atoms with Crippen LogP contribution >= 0.6 is 0 Å². The number of nitrogens with one attached hydrogen (secondary N) is 1. The van der Waals surface area contributed by atoms with Gasteiger partial charge in [-0.3, -0.25) is 9.80 Å². The highest BCUT2D eigenvalue weighted by Gasteiger charge is 2.36. The van der Waals surface area contributed by atoms with Gasteiger partial charge in [-0.1, -0.05) is 0 Å². The lowest BCUT2D eigenvalue weighted by Crippen LogP contribution is -2.67. The van der Waals surface area contributed by atoms with Gasteiger partial charge in [0.25, 0.3) is 0 Å². The third-order valence-electron chi connectivity index (χ3n) is 4.82. The Labute approximate surface area is 149 Å². The Morgan fingerprint density at radius 2 is 1.29 bits per heavy atom. The van der Waals surface area contributed by atoms with Crippen molar-refractivity contribution < 1.29 is 4.48 Å². The molecule has 0 radical (unpaired) electrons. The maximum atomic E-state index is 6.26. The van der Waals surface area contributed by atoms with Crippen LogP contribution in [0.3, 0.4) is 0 Å². The van der Waals surface area contributed by atoms with E-state index in [0.29, 0.717) is 0 Å². The first-order chi connectivity index (χ1) is 10.7. The summed E-state index contributed by atoms with van der Waals surface area (Å²) in [6.07, 6.45) is 3.02. The zero-order chi connectivity index (χ0) is 18.6. The standard InChI is InChI=1S/C18H43N6/c1-16(2,19)7-10-23-13-22-14-24(15-23,11-8-17(3,4)20)12-9-18(5,6)21/h22H,7-15,19-21H2,1-6H3/q+1. The molecule has 0 aromatic carbocycles. The maximum Gasteiger partial charge on any atom is 0.137 e. The van der Waals surface area contributed by atoms with Crippen LogP contribution in [0.15, 0.2) is 0 Å². The lowest BCUT2D eigenvalue weighted by molar-refractivity contribution is -0.946. The summed E-state index contributed by atoms with van der Waals surface area (Å²) in [7, 11) is 0. The van der Waals surface area contributed by atoms with E-state index in [-0.39, 0.29) is 16.6 Å². The summed E-state index contributed by atoms with van der Waals surface area (Å²) in [6.45, 7) is 18.8. The van der Waals surface area contributed by atoms with E-state index in [1.54, 1.807) is 0 Å². The predicted molar refractivity (Wildman–Crippen MR) is 103 cm³/mol. The second-order valence-electron chi connectivity index (χ2n) is 10.1. The van der Waals surface area contributed by atoms with Crippen molar-refractivity contribution in [2.45, 2.75) is 77.4 Å². The minimum atomic E-state index is -0.134. The molecule has 24 heavy (non-hydrogen) atoms. The van der Waals surface area contributed by atoms with Crippen molar-refractivity contribution in [1.82, 2.24) is 10.2 Å². The average Bonchev–Trinajstić information content (AvgIpc) is 2.39. The van der Waals surface area contributed by atoms with Crippen LogP contribution in [0.5, 0.6) is 0 Å². The topological polar surface area (TPSA) is 93.3 Å². The molecule has 0 aromatic heterocycles. The largest absolute Gasteiger partial charge is 0.326 e. The van der Waals surface area contributed by atoms with Gasteiger partial charge in [0.15, 0.2) is 0 Å². The third-order valence-corrected chi connectivity index (χ3v) is 4.82. The molecule has 0 amide bonds. The quantitative estimate of drug-likeness (QED) is 0.468. The fourth-order valence-electron chi connectivity index (χ4n) is 3.03. The Morgan fingerprint density at radius 1 is 0.833 bits per heavy atom. The van der Waals surface area contributed by atoms with E-state index >= 15 is 0 Å². The minimum Gasteiger partial charge on any atom is -0.326 e. The highest BCUT2D eigenvalue weighted by Crippen LogP contribution is 2.20. The van der Waals surface area contributed by atoms with Gasteiger partial charge in [-0.15, -0.1) is 0 Å². The van der Waals surface area contributed by atoms with Gasteiger partial charge in [0.2, 0.25) is 0 Å². The zero-order valence-electron chi connectivity index (χ0n) is 17.0. The molecule has 1 rings (SSSR count). The van der Waals surface area contributed by atoms with Crippen LogP contribution < -0.4 is 22.5 Å². The van der Waals surface area contributed by atoms with Gasteiger partial charge in [-0.2, -0.15) is 0 Å². The molecule has 0 bridgehead atoms. The number of hydrogen-bond donors (Lipinski definition) is 4. The molecule has 1 saturated heterocycles. The van der Waals surface area contributed by atoms with E-state index < -0.39 is 0 Å². The molecule has 0 unspecified atom stereocenters. The van der Waals surface area contributed by atoms with Gasteiger partial charge in [-0.25, -0.2) is 4.90 Å². The summed E-state index contributed by atoms with van der Waals surface area (Å²) in [5.74, 6) is 0. The molecule has 144 valence electrons. The first kappa shape index (κ1) is 21.8. The van der Waals surface area contributed by atoms with Crippen LogP contribution in [0.2, 0.25) is 0 Å². The van der Waals surface area contributed by atoms with E-state index in [0.717, 1.165) is 63.4 Å². The molecule has 0 aliphatic carbocycles. The van der Waals surface area contributed by atoms with Crippen molar-refractivity contribution in [2.75, 3.05) is 39.6 Å². The minimum absolute atomic E-state index is 0.119. The van der Waals surface area contributed by atoms with Crippen molar-refractivity contribution in [3.8, 4) is 0 Å². The monoisotopic (exact) mass is 343 g/mol. The second-order valence-corrected chi connectivity index (χ2v) is 10.1. The van der Waals surface area contributed by atoms with Crippen molar-refractivity contribution in [3.63, 3.8) is 0 Å². The molecule has 6 nitrogen and oxygen atoms in total. The molecular formula is C18H43N6+. The van der Waals surface area contributed by atoms with E-state index in [9.17, 15) is 0 Å². The maximum absolute atomic E-state index is 6.26. The van der Waals surface area contributed by atoms with E-state index in [2.05, 4.69) is 51.8 Å².